The molecule has 1 aromatic heterocycles. The number of nitrogens with zero attached hydrogens (tertiary/aromatic N) is 4. The second-order valence-corrected chi connectivity index (χ2v) is 5.53. The number of hydrogen-bond donors (Lipinski definition) is 1. The summed E-state index contributed by atoms with van der Waals surface area (Å²) in [5.74, 6) is 1.77. The number of aromatic nitrogens is 2. The molecule has 132 valence electrons. The molecule has 0 spiro atoms. The number of anilines is 1. The predicted molar refractivity (Wildman–Crippen MR) is 99.0 cm³/mol. The second kappa shape index (κ2) is 12.3. The van der Waals surface area contributed by atoms with Crippen molar-refractivity contribution >= 4 is 5.95 Å². The fraction of sp³-hybridized carbons (Fsp3) is 0.778. The average Bonchev–Trinajstić information content (AvgIpc) is 2.67. The quantitative estimate of drug-likeness (QED) is 0.927. The first-order chi connectivity index (χ1) is 11.4. The Hall–Kier alpha value is -1.20. The van der Waals surface area contributed by atoms with Crippen LogP contribution in [0.1, 0.15) is 40.5 Å². The van der Waals surface area contributed by atoms with Gasteiger partial charge in [-0.1, -0.05) is 27.7 Å². The summed E-state index contributed by atoms with van der Waals surface area (Å²) in [6.07, 6.45) is 6.32. The van der Waals surface area contributed by atoms with Gasteiger partial charge in [-0.15, -0.1) is 0 Å². The normalized spacial score (nSPS) is 19.2. The van der Waals surface area contributed by atoms with Crippen LogP contribution in [0.5, 0.6) is 0 Å². The van der Waals surface area contributed by atoms with Gasteiger partial charge in [-0.2, -0.15) is 0 Å². The molecule has 5 heteroatoms. The lowest BCUT2D eigenvalue weighted by atomic mass is 9.97. The molecule has 3 heterocycles. The van der Waals surface area contributed by atoms with E-state index in [1.54, 1.807) is 0 Å². The van der Waals surface area contributed by atoms with Gasteiger partial charge in [0.15, 0.2) is 0 Å². The van der Waals surface area contributed by atoms with Gasteiger partial charge in [0.2, 0.25) is 5.95 Å². The molecule has 2 saturated heterocycles. The van der Waals surface area contributed by atoms with Crippen LogP contribution in [0.2, 0.25) is 0 Å². The number of piperidine rings is 1. The van der Waals surface area contributed by atoms with E-state index in [1.165, 1.54) is 32.5 Å². The maximum Gasteiger partial charge on any atom is 0.225 e. The fourth-order valence-corrected chi connectivity index (χ4v) is 3.01. The minimum atomic E-state index is 0.879. The molecular weight excluding hydrogens is 286 g/mol. The van der Waals surface area contributed by atoms with Crippen LogP contribution >= 0.6 is 0 Å². The molecule has 0 amide bonds. The van der Waals surface area contributed by atoms with Crippen molar-refractivity contribution in [2.75, 3.05) is 50.7 Å². The largest absolute Gasteiger partial charge is 0.338 e. The van der Waals surface area contributed by atoms with Crippen molar-refractivity contribution in [3.05, 3.63) is 18.5 Å². The van der Waals surface area contributed by atoms with Gasteiger partial charge in [0, 0.05) is 45.1 Å². The van der Waals surface area contributed by atoms with Gasteiger partial charge >= 0.3 is 0 Å². The van der Waals surface area contributed by atoms with Gasteiger partial charge in [0.1, 0.15) is 0 Å². The maximum absolute atomic E-state index is 4.33. The molecule has 0 radical (unpaired) electrons. The van der Waals surface area contributed by atoms with Crippen LogP contribution in [0, 0.1) is 5.92 Å². The summed E-state index contributed by atoms with van der Waals surface area (Å²) < 4.78 is 0. The van der Waals surface area contributed by atoms with Crippen LogP contribution < -0.4 is 10.2 Å². The lowest BCUT2D eigenvalue weighted by Crippen LogP contribution is -2.49. The van der Waals surface area contributed by atoms with Crippen LogP contribution in [0.15, 0.2) is 18.5 Å². The van der Waals surface area contributed by atoms with E-state index in [1.807, 2.05) is 46.2 Å². The van der Waals surface area contributed by atoms with Gasteiger partial charge in [-0.05, 0) is 37.9 Å². The van der Waals surface area contributed by atoms with Crippen molar-refractivity contribution in [2.45, 2.75) is 40.5 Å². The average molecular weight is 322 g/mol. The van der Waals surface area contributed by atoms with Crippen molar-refractivity contribution < 1.29 is 0 Å². The fourth-order valence-electron chi connectivity index (χ4n) is 3.01. The zero-order valence-electron chi connectivity index (χ0n) is 15.5. The summed E-state index contributed by atoms with van der Waals surface area (Å²) in [4.78, 5) is 13.6. The Morgan fingerprint density at radius 1 is 0.957 bits per heavy atom. The van der Waals surface area contributed by atoms with Crippen molar-refractivity contribution in [1.29, 1.82) is 0 Å². The molecule has 0 unspecified atom stereocenters. The van der Waals surface area contributed by atoms with E-state index in [2.05, 4.69) is 25.1 Å². The summed E-state index contributed by atoms with van der Waals surface area (Å²) in [5, 5.41) is 3.44. The van der Waals surface area contributed by atoms with Crippen molar-refractivity contribution in [3.8, 4) is 0 Å². The van der Waals surface area contributed by atoms with Crippen LogP contribution in [0.4, 0.5) is 5.95 Å². The standard InChI is InChI=1S/C14H23N5.2C2H6/c1-4-16-14(17-5-1)19-10-8-18(9-11-19)12-13-2-6-15-7-3-13;2*1-2/h1,4-5,13,15H,2-3,6-12H2;2*1-2H3. The van der Waals surface area contributed by atoms with E-state index in [0.717, 1.165) is 38.0 Å². The first-order valence-electron chi connectivity index (χ1n) is 9.37. The summed E-state index contributed by atoms with van der Waals surface area (Å²) >= 11 is 0. The zero-order chi connectivity index (χ0) is 16.9. The number of nitrogens with one attached hydrogen (secondary N) is 1. The van der Waals surface area contributed by atoms with E-state index in [4.69, 9.17) is 0 Å². The van der Waals surface area contributed by atoms with Gasteiger partial charge in [-0.25, -0.2) is 9.97 Å². The Labute approximate surface area is 142 Å². The number of hydrogen-bond acceptors (Lipinski definition) is 5. The van der Waals surface area contributed by atoms with E-state index in [-0.39, 0.29) is 0 Å². The predicted octanol–water partition coefficient (Wildman–Crippen LogP) is 2.65. The number of rotatable bonds is 3. The highest BCUT2D eigenvalue weighted by Crippen LogP contribution is 2.16. The summed E-state index contributed by atoms with van der Waals surface area (Å²) in [5.41, 5.74) is 0. The highest BCUT2D eigenvalue weighted by atomic mass is 15.3. The first kappa shape index (κ1) is 19.8. The molecule has 2 aliphatic rings. The second-order valence-electron chi connectivity index (χ2n) is 5.53. The summed E-state index contributed by atoms with van der Waals surface area (Å²) in [7, 11) is 0. The maximum atomic E-state index is 4.33. The summed E-state index contributed by atoms with van der Waals surface area (Å²) in [6, 6.07) is 1.87. The Morgan fingerprint density at radius 3 is 2.09 bits per heavy atom. The highest BCUT2D eigenvalue weighted by molar-refractivity contribution is 5.29. The van der Waals surface area contributed by atoms with Crippen LogP contribution in [-0.2, 0) is 0 Å². The molecule has 2 aliphatic heterocycles. The third kappa shape index (κ3) is 6.83. The van der Waals surface area contributed by atoms with E-state index in [9.17, 15) is 0 Å². The molecule has 1 N–H and O–H groups in total. The molecule has 0 bridgehead atoms. The Bertz CT molecular complexity index is 370. The topological polar surface area (TPSA) is 44.3 Å². The third-order valence-electron chi connectivity index (χ3n) is 4.18. The van der Waals surface area contributed by atoms with Crippen LogP contribution in [0.25, 0.3) is 0 Å². The Kier molecular flexibility index (Phi) is 10.6. The van der Waals surface area contributed by atoms with Crippen molar-refractivity contribution in [1.82, 2.24) is 20.2 Å². The molecule has 0 saturated carbocycles. The van der Waals surface area contributed by atoms with Gasteiger partial charge in [0.25, 0.3) is 0 Å². The Balaban J connectivity index is 0.000000615. The molecule has 23 heavy (non-hydrogen) atoms. The number of piperazine rings is 1. The minimum absolute atomic E-state index is 0.879. The SMILES string of the molecule is CC.CC.c1cnc(N2CCN(CC3CCNCC3)CC2)nc1. The smallest absolute Gasteiger partial charge is 0.225 e. The Morgan fingerprint density at radius 2 is 1.52 bits per heavy atom. The first-order valence-corrected chi connectivity index (χ1v) is 9.37. The molecular formula is C18H35N5. The lowest BCUT2D eigenvalue weighted by Gasteiger charge is -2.37. The molecule has 3 rings (SSSR count). The van der Waals surface area contributed by atoms with Gasteiger partial charge in [0.05, 0.1) is 0 Å². The van der Waals surface area contributed by atoms with Crippen molar-refractivity contribution in [3.63, 3.8) is 0 Å². The summed E-state index contributed by atoms with van der Waals surface area (Å²) in [6.45, 7) is 16.0. The van der Waals surface area contributed by atoms with Crippen molar-refractivity contribution in [2.24, 2.45) is 5.92 Å². The molecule has 1 aromatic rings. The monoisotopic (exact) mass is 321 g/mol. The molecule has 2 fully saturated rings. The highest BCUT2D eigenvalue weighted by Gasteiger charge is 2.22. The van der Waals surface area contributed by atoms with Crippen LogP contribution in [-0.4, -0.2) is 60.7 Å². The molecule has 5 nitrogen and oxygen atoms in total. The van der Waals surface area contributed by atoms with Gasteiger partial charge < -0.3 is 10.2 Å². The van der Waals surface area contributed by atoms with Crippen LogP contribution in [0.3, 0.4) is 0 Å². The molecule has 0 aliphatic carbocycles. The molecule has 0 atom stereocenters. The van der Waals surface area contributed by atoms with E-state index in [0.29, 0.717) is 0 Å². The van der Waals surface area contributed by atoms with E-state index < -0.39 is 0 Å². The molecule has 0 aromatic carbocycles. The van der Waals surface area contributed by atoms with E-state index >= 15 is 0 Å². The lowest BCUT2D eigenvalue weighted by molar-refractivity contribution is 0.196. The van der Waals surface area contributed by atoms with Gasteiger partial charge in [-0.3, -0.25) is 4.90 Å². The minimum Gasteiger partial charge on any atom is -0.338 e. The third-order valence-corrected chi connectivity index (χ3v) is 4.18. The zero-order valence-corrected chi connectivity index (χ0v) is 15.5.